The summed E-state index contributed by atoms with van der Waals surface area (Å²) in [6, 6.07) is 14.4. The maximum atomic E-state index is 13.4. The van der Waals surface area contributed by atoms with E-state index in [9.17, 15) is 14.7 Å². The second kappa shape index (κ2) is 8.83. The summed E-state index contributed by atoms with van der Waals surface area (Å²) in [5, 5.41) is 14.1. The molecule has 160 valence electrons. The molecule has 1 aliphatic rings. The predicted octanol–water partition coefficient (Wildman–Crippen LogP) is 3.77. The van der Waals surface area contributed by atoms with Crippen molar-refractivity contribution in [2.75, 3.05) is 18.4 Å². The highest BCUT2D eigenvalue weighted by atomic mass is 16.6. The van der Waals surface area contributed by atoms with Gasteiger partial charge in [-0.1, -0.05) is 36.4 Å². The maximum absolute atomic E-state index is 13.4. The molecule has 1 aromatic heterocycles. The summed E-state index contributed by atoms with van der Waals surface area (Å²) in [4.78, 5) is 31.6. The van der Waals surface area contributed by atoms with Crippen LogP contribution in [-0.4, -0.2) is 45.7 Å². The standard InChI is InChI=1S/C23H29N3O4/c1-22(2,3)30-21(29)26-15-12-23(13-16-26,19(27)17-9-5-4-6-10-17)20(28)25-18-11-7-8-14-24-18/h4-11,14,19,27H,12-13,15-16H2,1-3H3,(H,24,25,28). The van der Waals surface area contributed by atoms with Crippen LogP contribution >= 0.6 is 0 Å². The summed E-state index contributed by atoms with van der Waals surface area (Å²) in [5.41, 5.74) is -1.01. The average molecular weight is 412 g/mol. The maximum Gasteiger partial charge on any atom is 0.410 e. The molecular weight excluding hydrogens is 382 g/mol. The number of likely N-dealkylation sites (tertiary alicyclic amines) is 1. The van der Waals surface area contributed by atoms with Crippen molar-refractivity contribution in [3.63, 3.8) is 0 Å². The van der Waals surface area contributed by atoms with Crippen molar-refractivity contribution in [1.82, 2.24) is 9.88 Å². The molecule has 1 atom stereocenters. The largest absolute Gasteiger partial charge is 0.444 e. The van der Waals surface area contributed by atoms with Crippen LogP contribution in [0.4, 0.5) is 10.6 Å². The van der Waals surface area contributed by atoms with Crippen molar-refractivity contribution in [3.8, 4) is 0 Å². The van der Waals surface area contributed by atoms with E-state index in [1.165, 1.54) is 0 Å². The minimum absolute atomic E-state index is 0.304. The topological polar surface area (TPSA) is 91.8 Å². The molecule has 2 heterocycles. The lowest BCUT2D eigenvalue weighted by Gasteiger charge is -2.43. The van der Waals surface area contributed by atoms with Crippen LogP contribution in [0.2, 0.25) is 0 Å². The Balaban J connectivity index is 1.83. The Bertz CT molecular complexity index is 857. The third kappa shape index (κ3) is 4.97. The van der Waals surface area contributed by atoms with Gasteiger partial charge in [0, 0.05) is 19.3 Å². The average Bonchev–Trinajstić information content (AvgIpc) is 2.73. The Hall–Kier alpha value is -2.93. The molecule has 1 unspecified atom stereocenters. The van der Waals surface area contributed by atoms with Crippen LogP contribution in [0.5, 0.6) is 0 Å². The molecule has 2 aromatic rings. The highest BCUT2D eigenvalue weighted by molar-refractivity contribution is 5.95. The van der Waals surface area contributed by atoms with Gasteiger partial charge in [-0.3, -0.25) is 4.79 Å². The lowest BCUT2D eigenvalue weighted by Crippen LogP contribution is -2.52. The van der Waals surface area contributed by atoms with Crippen molar-refractivity contribution >= 4 is 17.8 Å². The molecule has 2 amide bonds. The number of amides is 2. The summed E-state index contributed by atoms with van der Waals surface area (Å²) in [6.07, 6.45) is 0.793. The number of ether oxygens (including phenoxy) is 1. The van der Waals surface area contributed by atoms with Gasteiger partial charge in [-0.2, -0.15) is 0 Å². The summed E-state index contributed by atoms with van der Waals surface area (Å²) in [6.45, 7) is 6.08. The van der Waals surface area contributed by atoms with Crippen LogP contribution in [0.1, 0.15) is 45.3 Å². The predicted molar refractivity (Wildman–Crippen MR) is 114 cm³/mol. The molecule has 7 heteroatoms. The fourth-order valence-corrected chi connectivity index (χ4v) is 3.67. The van der Waals surface area contributed by atoms with Gasteiger partial charge in [0.15, 0.2) is 0 Å². The Labute approximate surface area is 177 Å². The van der Waals surface area contributed by atoms with Gasteiger partial charge in [-0.15, -0.1) is 0 Å². The number of hydrogen-bond acceptors (Lipinski definition) is 5. The van der Waals surface area contributed by atoms with Gasteiger partial charge in [0.25, 0.3) is 0 Å². The van der Waals surface area contributed by atoms with E-state index in [1.807, 2.05) is 39.0 Å². The first-order valence-corrected chi connectivity index (χ1v) is 10.1. The molecule has 0 radical (unpaired) electrons. The number of carbonyl (C=O) groups is 2. The van der Waals surface area contributed by atoms with E-state index in [0.717, 1.165) is 0 Å². The van der Waals surface area contributed by atoms with E-state index in [0.29, 0.717) is 37.3 Å². The number of aliphatic hydroxyl groups is 1. The third-order valence-electron chi connectivity index (χ3n) is 5.30. The zero-order valence-corrected chi connectivity index (χ0v) is 17.7. The molecule has 3 rings (SSSR count). The molecule has 1 saturated heterocycles. The Morgan fingerprint density at radius 1 is 1.10 bits per heavy atom. The summed E-state index contributed by atoms with van der Waals surface area (Å²) in [7, 11) is 0. The van der Waals surface area contributed by atoms with Crippen molar-refractivity contribution in [3.05, 3.63) is 60.3 Å². The lowest BCUT2D eigenvalue weighted by atomic mass is 9.70. The summed E-state index contributed by atoms with van der Waals surface area (Å²) in [5.74, 6) is 0.123. The van der Waals surface area contributed by atoms with Gasteiger partial charge < -0.3 is 20.1 Å². The van der Waals surface area contributed by atoms with Crippen LogP contribution in [0.15, 0.2) is 54.7 Å². The second-order valence-electron chi connectivity index (χ2n) is 8.61. The van der Waals surface area contributed by atoms with Crippen LogP contribution in [0.25, 0.3) is 0 Å². The fraction of sp³-hybridized carbons (Fsp3) is 0.435. The van der Waals surface area contributed by atoms with E-state index >= 15 is 0 Å². The fourth-order valence-electron chi connectivity index (χ4n) is 3.67. The number of carbonyl (C=O) groups excluding carboxylic acids is 2. The molecule has 7 nitrogen and oxygen atoms in total. The number of nitrogens with zero attached hydrogens (tertiary/aromatic N) is 2. The van der Waals surface area contributed by atoms with Gasteiger partial charge in [-0.05, 0) is 51.3 Å². The van der Waals surface area contributed by atoms with Crippen LogP contribution in [0, 0.1) is 5.41 Å². The Morgan fingerprint density at radius 3 is 2.30 bits per heavy atom. The van der Waals surface area contributed by atoms with E-state index < -0.39 is 23.2 Å². The number of anilines is 1. The van der Waals surface area contributed by atoms with E-state index in [-0.39, 0.29) is 5.91 Å². The first-order chi connectivity index (χ1) is 14.2. The molecule has 2 N–H and O–H groups in total. The summed E-state index contributed by atoms with van der Waals surface area (Å²) < 4.78 is 5.46. The number of hydrogen-bond donors (Lipinski definition) is 2. The highest BCUT2D eigenvalue weighted by Gasteiger charge is 2.49. The highest BCUT2D eigenvalue weighted by Crippen LogP contribution is 2.44. The third-order valence-corrected chi connectivity index (χ3v) is 5.30. The Kier molecular flexibility index (Phi) is 6.41. The first kappa shape index (κ1) is 21.8. The quantitative estimate of drug-likeness (QED) is 0.799. The van der Waals surface area contributed by atoms with Crippen molar-refractivity contribution < 1.29 is 19.4 Å². The van der Waals surface area contributed by atoms with E-state index in [2.05, 4.69) is 10.3 Å². The number of piperidine rings is 1. The lowest BCUT2D eigenvalue weighted by molar-refractivity contribution is -0.137. The number of pyridine rings is 1. The van der Waals surface area contributed by atoms with Crippen LogP contribution < -0.4 is 5.32 Å². The summed E-state index contributed by atoms with van der Waals surface area (Å²) >= 11 is 0. The smallest absolute Gasteiger partial charge is 0.410 e. The van der Waals surface area contributed by atoms with Gasteiger partial charge in [0.2, 0.25) is 5.91 Å². The van der Waals surface area contributed by atoms with Gasteiger partial charge in [0.1, 0.15) is 11.4 Å². The number of benzene rings is 1. The molecule has 0 spiro atoms. The monoisotopic (exact) mass is 411 g/mol. The van der Waals surface area contributed by atoms with Gasteiger partial charge in [-0.25, -0.2) is 9.78 Å². The van der Waals surface area contributed by atoms with Crippen molar-refractivity contribution in [2.45, 2.75) is 45.3 Å². The molecule has 0 bridgehead atoms. The van der Waals surface area contributed by atoms with Crippen LogP contribution in [-0.2, 0) is 9.53 Å². The minimum atomic E-state index is -1.09. The second-order valence-corrected chi connectivity index (χ2v) is 8.61. The van der Waals surface area contributed by atoms with E-state index in [4.69, 9.17) is 4.74 Å². The molecule has 0 aliphatic carbocycles. The number of rotatable bonds is 4. The number of aromatic nitrogens is 1. The van der Waals surface area contributed by atoms with Crippen molar-refractivity contribution in [2.24, 2.45) is 5.41 Å². The molecule has 30 heavy (non-hydrogen) atoms. The number of nitrogens with one attached hydrogen (secondary N) is 1. The minimum Gasteiger partial charge on any atom is -0.444 e. The van der Waals surface area contributed by atoms with Crippen LogP contribution in [0.3, 0.4) is 0 Å². The van der Waals surface area contributed by atoms with Gasteiger partial charge in [0.05, 0.1) is 11.5 Å². The number of aliphatic hydroxyl groups excluding tert-OH is 1. The first-order valence-electron chi connectivity index (χ1n) is 10.1. The molecule has 1 fully saturated rings. The molecular formula is C23H29N3O4. The van der Waals surface area contributed by atoms with Crippen molar-refractivity contribution in [1.29, 1.82) is 0 Å². The van der Waals surface area contributed by atoms with Gasteiger partial charge >= 0.3 is 6.09 Å². The molecule has 1 aromatic carbocycles. The SMILES string of the molecule is CC(C)(C)OC(=O)N1CCC(C(=O)Nc2ccccn2)(C(O)c2ccccc2)CC1. The Morgan fingerprint density at radius 2 is 1.73 bits per heavy atom. The van der Waals surface area contributed by atoms with E-state index in [1.54, 1.807) is 41.4 Å². The molecule has 0 saturated carbocycles. The zero-order valence-electron chi connectivity index (χ0n) is 17.7. The zero-order chi connectivity index (χ0) is 21.8. The normalized spacial score (nSPS) is 17.1. The molecule has 1 aliphatic heterocycles.